The second-order valence-electron chi connectivity index (χ2n) is 4.51. The third-order valence-electron chi connectivity index (χ3n) is 2.84. The van der Waals surface area contributed by atoms with Gasteiger partial charge in [-0.15, -0.1) is 0 Å². The van der Waals surface area contributed by atoms with E-state index in [9.17, 15) is 10.1 Å². The lowest BCUT2D eigenvalue weighted by Crippen LogP contribution is -2.01. The molecule has 0 N–H and O–H groups in total. The first kappa shape index (κ1) is 16.1. The Morgan fingerprint density at radius 3 is 2.91 bits per heavy atom. The molecule has 4 nitrogen and oxygen atoms in total. The zero-order chi connectivity index (χ0) is 15.9. The van der Waals surface area contributed by atoms with Crippen molar-refractivity contribution in [3.8, 4) is 11.8 Å². The Hall–Kier alpha value is -2.32. The van der Waals surface area contributed by atoms with Crippen LogP contribution in [0, 0.1) is 11.3 Å². The number of ketones is 1. The van der Waals surface area contributed by atoms with Gasteiger partial charge in [-0.3, -0.25) is 4.79 Å². The molecule has 0 atom stereocenters. The lowest BCUT2D eigenvalue weighted by atomic mass is 10.1. The number of hydrogen-bond donors (Lipinski definition) is 0. The number of nitriles is 1. The first-order valence-corrected chi connectivity index (χ1v) is 7.57. The number of hydrogen-bond acceptors (Lipinski definition) is 4. The van der Waals surface area contributed by atoms with E-state index < -0.39 is 5.78 Å². The van der Waals surface area contributed by atoms with Gasteiger partial charge in [0.25, 0.3) is 0 Å². The van der Waals surface area contributed by atoms with Crippen LogP contribution in [0.2, 0.25) is 0 Å². The zero-order valence-electron chi connectivity index (χ0n) is 12.0. The van der Waals surface area contributed by atoms with Crippen molar-refractivity contribution in [1.82, 2.24) is 0 Å². The second-order valence-corrected chi connectivity index (χ2v) is 5.42. The Morgan fingerprint density at radius 1 is 1.45 bits per heavy atom. The number of carbonyl (C=O) groups is 1. The average molecular weight is 360 g/mol. The summed E-state index contributed by atoms with van der Waals surface area (Å²) in [5, 5.41) is 9.26. The van der Waals surface area contributed by atoms with Crippen LogP contribution >= 0.6 is 15.9 Å². The van der Waals surface area contributed by atoms with Gasteiger partial charge in [0.15, 0.2) is 5.76 Å². The first-order chi connectivity index (χ1) is 10.7. The lowest BCUT2D eigenvalue weighted by molar-refractivity contribution is 0.101. The largest absolute Gasteiger partial charge is 0.493 e. The summed E-state index contributed by atoms with van der Waals surface area (Å²) >= 11 is 3.38. The average Bonchev–Trinajstić information content (AvgIpc) is 3.05. The maximum atomic E-state index is 12.2. The predicted molar refractivity (Wildman–Crippen MR) is 86.6 cm³/mol. The van der Waals surface area contributed by atoms with Crippen molar-refractivity contribution in [3.05, 3.63) is 58.0 Å². The Morgan fingerprint density at radius 2 is 2.27 bits per heavy atom. The molecular formula is C17H14BrNO3. The molecule has 1 heterocycles. The minimum Gasteiger partial charge on any atom is -0.493 e. The molecule has 0 aliphatic rings. The molecule has 0 fully saturated rings. The quantitative estimate of drug-likeness (QED) is 0.428. The van der Waals surface area contributed by atoms with Crippen LogP contribution < -0.4 is 4.74 Å². The molecule has 0 aliphatic heterocycles. The van der Waals surface area contributed by atoms with Gasteiger partial charge in [-0.2, -0.15) is 5.26 Å². The number of nitrogens with zero attached hydrogens (tertiary/aromatic N) is 1. The highest BCUT2D eigenvalue weighted by Gasteiger charge is 2.16. The third-order valence-corrected chi connectivity index (χ3v) is 3.34. The third kappa shape index (κ3) is 3.86. The standard InChI is InChI=1S/C17H14BrNO3/c1-2-7-21-15-6-5-14(18)10-12(15)9-13(11-19)17(20)16-4-3-8-22-16/h3-6,8-10H,2,7H2,1H3/b13-9+. The van der Waals surface area contributed by atoms with E-state index >= 15 is 0 Å². The number of halogens is 1. The highest BCUT2D eigenvalue weighted by Crippen LogP contribution is 2.26. The molecule has 0 spiro atoms. The van der Waals surface area contributed by atoms with Crippen molar-refractivity contribution < 1.29 is 13.9 Å². The summed E-state index contributed by atoms with van der Waals surface area (Å²) in [4.78, 5) is 12.2. The Kier molecular flexibility index (Phi) is 5.56. The Balaban J connectivity index is 2.39. The van der Waals surface area contributed by atoms with E-state index in [-0.39, 0.29) is 11.3 Å². The van der Waals surface area contributed by atoms with Crippen molar-refractivity contribution in [1.29, 1.82) is 5.26 Å². The molecule has 5 heteroatoms. The number of allylic oxidation sites excluding steroid dienone is 1. The van der Waals surface area contributed by atoms with Gasteiger partial charge in [0.2, 0.25) is 5.78 Å². The molecule has 0 saturated heterocycles. The van der Waals surface area contributed by atoms with Crippen LogP contribution in [-0.2, 0) is 0 Å². The fourth-order valence-corrected chi connectivity index (χ4v) is 2.20. The number of carbonyl (C=O) groups excluding carboxylic acids is 1. The summed E-state index contributed by atoms with van der Waals surface area (Å²) in [5.41, 5.74) is 0.661. The van der Waals surface area contributed by atoms with Gasteiger partial charge in [0, 0.05) is 10.0 Å². The van der Waals surface area contributed by atoms with E-state index in [1.54, 1.807) is 18.2 Å². The van der Waals surface area contributed by atoms with Gasteiger partial charge in [-0.05, 0) is 42.8 Å². The molecule has 0 amide bonds. The van der Waals surface area contributed by atoms with Gasteiger partial charge in [0.1, 0.15) is 17.4 Å². The normalized spacial score (nSPS) is 11.0. The molecule has 0 bridgehead atoms. The highest BCUT2D eigenvalue weighted by atomic mass is 79.9. The molecule has 1 aromatic heterocycles. The number of furan rings is 1. The minimum atomic E-state index is -0.450. The Labute approximate surface area is 137 Å². The molecule has 0 saturated carbocycles. The monoisotopic (exact) mass is 359 g/mol. The van der Waals surface area contributed by atoms with Gasteiger partial charge in [-0.1, -0.05) is 22.9 Å². The molecule has 0 unspecified atom stereocenters. The van der Waals surface area contributed by atoms with Crippen molar-refractivity contribution in [2.75, 3.05) is 6.61 Å². The van der Waals surface area contributed by atoms with Crippen LogP contribution in [0.4, 0.5) is 0 Å². The fraction of sp³-hybridized carbons (Fsp3) is 0.176. The second kappa shape index (κ2) is 7.62. The maximum absolute atomic E-state index is 12.2. The summed E-state index contributed by atoms with van der Waals surface area (Å²) in [5.74, 6) is 0.317. The van der Waals surface area contributed by atoms with Crippen molar-refractivity contribution in [2.45, 2.75) is 13.3 Å². The summed E-state index contributed by atoms with van der Waals surface area (Å²) < 4.78 is 11.5. The summed E-state index contributed by atoms with van der Waals surface area (Å²) in [6, 6.07) is 10.5. The van der Waals surface area contributed by atoms with Gasteiger partial charge in [0.05, 0.1) is 12.9 Å². The van der Waals surface area contributed by atoms with Crippen LogP contribution in [0.5, 0.6) is 5.75 Å². The lowest BCUT2D eigenvalue weighted by Gasteiger charge is -2.09. The van der Waals surface area contributed by atoms with Gasteiger partial charge < -0.3 is 9.15 Å². The SMILES string of the molecule is CCCOc1ccc(Br)cc1/C=C(\C#N)C(=O)c1ccco1. The van der Waals surface area contributed by atoms with Crippen molar-refractivity contribution in [3.63, 3.8) is 0 Å². The van der Waals surface area contributed by atoms with E-state index in [4.69, 9.17) is 9.15 Å². The van der Waals surface area contributed by atoms with Crippen LogP contribution in [0.3, 0.4) is 0 Å². The Bertz CT molecular complexity index is 727. The number of Topliss-reactive ketones (excluding diaryl/α,β-unsaturated/α-hetero) is 1. The van der Waals surface area contributed by atoms with Crippen LogP contribution in [-0.4, -0.2) is 12.4 Å². The van der Waals surface area contributed by atoms with Crippen LogP contribution in [0.15, 0.2) is 51.1 Å². The van der Waals surface area contributed by atoms with Gasteiger partial charge in [-0.25, -0.2) is 0 Å². The van der Waals surface area contributed by atoms with E-state index in [0.717, 1.165) is 10.9 Å². The van der Waals surface area contributed by atoms with Gasteiger partial charge >= 0.3 is 0 Å². The maximum Gasteiger partial charge on any atom is 0.238 e. The van der Waals surface area contributed by atoms with E-state index in [1.807, 2.05) is 19.1 Å². The number of rotatable bonds is 6. The first-order valence-electron chi connectivity index (χ1n) is 6.78. The molecule has 1 aromatic carbocycles. The van der Waals surface area contributed by atoms with Crippen LogP contribution in [0.25, 0.3) is 6.08 Å². The smallest absolute Gasteiger partial charge is 0.238 e. The summed E-state index contributed by atoms with van der Waals surface area (Å²) in [6.45, 7) is 2.58. The molecule has 2 aromatic rings. The molecule has 0 aliphatic carbocycles. The van der Waals surface area contributed by atoms with Crippen LogP contribution in [0.1, 0.15) is 29.5 Å². The summed E-state index contributed by atoms with van der Waals surface area (Å²) in [6.07, 6.45) is 3.79. The molecule has 22 heavy (non-hydrogen) atoms. The molecular weight excluding hydrogens is 346 g/mol. The van der Waals surface area contributed by atoms with E-state index in [0.29, 0.717) is 17.9 Å². The van der Waals surface area contributed by atoms with E-state index in [2.05, 4.69) is 15.9 Å². The zero-order valence-corrected chi connectivity index (χ0v) is 13.6. The predicted octanol–water partition coefficient (Wildman–Crippen LogP) is 4.62. The summed E-state index contributed by atoms with van der Waals surface area (Å²) in [7, 11) is 0. The number of benzene rings is 1. The highest BCUT2D eigenvalue weighted by molar-refractivity contribution is 9.10. The fourth-order valence-electron chi connectivity index (χ4n) is 1.82. The topological polar surface area (TPSA) is 63.2 Å². The van der Waals surface area contributed by atoms with E-state index in [1.165, 1.54) is 18.4 Å². The van der Waals surface area contributed by atoms with Crippen molar-refractivity contribution >= 4 is 27.8 Å². The number of ether oxygens (including phenoxy) is 1. The molecule has 112 valence electrons. The molecule has 0 radical (unpaired) electrons. The van der Waals surface area contributed by atoms with Crippen molar-refractivity contribution in [2.24, 2.45) is 0 Å². The minimum absolute atomic E-state index is 0.00519. The molecule has 2 rings (SSSR count).